The van der Waals surface area contributed by atoms with Crippen molar-refractivity contribution in [1.82, 2.24) is 14.9 Å². The Morgan fingerprint density at radius 1 is 1.14 bits per heavy atom. The lowest BCUT2D eigenvalue weighted by molar-refractivity contribution is -0.114. The van der Waals surface area contributed by atoms with Gasteiger partial charge in [-0.2, -0.15) is 4.98 Å². The highest BCUT2D eigenvalue weighted by Crippen LogP contribution is 2.20. The first kappa shape index (κ1) is 19.4. The predicted octanol–water partition coefficient (Wildman–Crippen LogP) is 2.46. The molecule has 3 rings (SSSR count). The summed E-state index contributed by atoms with van der Waals surface area (Å²) in [5.74, 6) is 1.13. The first-order valence-corrected chi connectivity index (χ1v) is 9.19. The Balaban J connectivity index is 1.63. The molecule has 0 saturated carbocycles. The molecule has 1 aromatic heterocycles. The molecule has 1 aromatic carbocycles. The second kappa shape index (κ2) is 9.03. The van der Waals surface area contributed by atoms with Crippen molar-refractivity contribution < 1.29 is 14.3 Å². The number of piperazine rings is 1. The van der Waals surface area contributed by atoms with Gasteiger partial charge >= 0.3 is 6.09 Å². The number of hydrogen-bond donors (Lipinski definition) is 2. The smallest absolute Gasteiger partial charge is 0.409 e. The predicted molar refractivity (Wildman–Crippen MR) is 107 cm³/mol. The van der Waals surface area contributed by atoms with Gasteiger partial charge in [0.05, 0.1) is 6.61 Å². The van der Waals surface area contributed by atoms with Crippen LogP contribution < -0.4 is 15.5 Å². The van der Waals surface area contributed by atoms with Crippen LogP contribution in [0.4, 0.5) is 27.9 Å². The SMILES string of the molecule is CCOC(=O)N1CCN(c2ccnc(Nc3cccc(NC(C)=O)c3)n2)CC1. The molecule has 28 heavy (non-hydrogen) atoms. The summed E-state index contributed by atoms with van der Waals surface area (Å²) in [5.41, 5.74) is 1.47. The zero-order valence-corrected chi connectivity index (χ0v) is 16.0. The van der Waals surface area contributed by atoms with Gasteiger partial charge in [-0.1, -0.05) is 6.07 Å². The van der Waals surface area contributed by atoms with Gasteiger partial charge in [0.1, 0.15) is 5.82 Å². The van der Waals surface area contributed by atoms with Gasteiger partial charge in [-0.05, 0) is 31.2 Å². The Morgan fingerprint density at radius 3 is 2.61 bits per heavy atom. The number of anilines is 4. The van der Waals surface area contributed by atoms with Crippen LogP contribution in [0.1, 0.15) is 13.8 Å². The van der Waals surface area contributed by atoms with Crippen LogP contribution in [0, 0.1) is 0 Å². The maximum Gasteiger partial charge on any atom is 0.409 e. The first-order chi connectivity index (χ1) is 13.5. The summed E-state index contributed by atoms with van der Waals surface area (Å²) in [7, 11) is 0. The fraction of sp³-hybridized carbons (Fsp3) is 0.368. The third kappa shape index (κ3) is 5.09. The van der Waals surface area contributed by atoms with E-state index >= 15 is 0 Å². The van der Waals surface area contributed by atoms with Gasteiger partial charge in [-0.25, -0.2) is 9.78 Å². The van der Waals surface area contributed by atoms with E-state index in [1.54, 1.807) is 18.0 Å². The fourth-order valence-electron chi connectivity index (χ4n) is 2.93. The van der Waals surface area contributed by atoms with E-state index in [0.29, 0.717) is 44.4 Å². The van der Waals surface area contributed by atoms with E-state index < -0.39 is 0 Å². The molecule has 1 aliphatic heterocycles. The zero-order chi connectivity index (χ0) is 19.9. The summed E-state index contributed by atoms with van der Waals surface area (Å²) in [4.78, 5) is 35.7. The van der Waals surface area contributed by atoms with Crippen molar-refractivity contribution in [3.63, 3.8) is 0 Å². The molecule has 1 fully saturated rings. The lowest BCUT2D eigenvalue weighted by Crippen LogP contribution is -2.49. The number of carbonyl (C=O) groups is 2. The molecule has 2 aromatic rings. The van der Waals surface area contributed by atoms with Crippen molar-refractivity contribution in [3.8, 4) is 0 Å². The molecule has 2 heterocycles. The van der Waals surface area contributed by atoms with Gasteiger partial charge in [0.15, 0.2) is 0 Å². The Morgan fingerprint density at radius 2 is 1.89 bits per heavy atom. The second-order valence-corrected chi connectivity index (χ2v) is 6.30. The molecule has 2 amide bonds. The third-order valence-electron chi connectivity index (χ3n) is 4.21. The minimum Gasteiger partial charge on any atom is -0.450 e. The molecule has 0 bridgehead atoms. The van der Waals surface area contributed by atoms with Crippen molar-refractivity contribution >= 4 is 35.1 Å². The van der Waals surface area contributed by atoms with Crippen LogP contribution in [-0.4, -0.2) is 59.7 Å². The normalized spacial score (nSPS) is 13.8. The van der Waals surface area contributed by atoms with Crippen LogP contribution in [0.5, 0.6) is 0 Å². The third-order valence-corrected chi connectivity index (χ3v) is 4.21. The highest BCUT2D eigenvalue weighted by atomic mass is 16.6. The Hall–Kier alpha value is -3.36. The number of benzene rings is 1. The molecule has 148 valence electrons. The van der Waals surface area contributed by atoms with Gasteiger partial charge in [-0.15, -0.1) is 0 Å². The number of rotatable bonds is 5. The molecule has 1 aliphatic rings. The maximum absolute atomic E-state index is 11.8. The summed E-state index contributed by atoms with van der Waals surface area (Å²) in [6.07, 6.45) is 1.42. The summed E-state index contributed by atoms with van der Waals surface area (Å²) in [6.45, 7) is 6.17. The molecule has 0 spiro atoms. The fourth-order valence-corrected chi connectivity index (χ4v) is 2.93. The van der Waals surface area contributed by atoms with Crippen molar-refractivity contribution in [3.05, 3.63) is 36.5 Å². The summed E-state index contributed by atoms with van der Waals surface area (Å²) in [5, 5.41) is 5.90. The van der Waals surface area contributed by atoms with Gasteiger partial charge in [0, 0.05) is 50.7 Å². The van der Waals surface area contributed by atoms with E-state index in [9.17, 15) is 9.59 Å². The molecule has 0 radical (unpaired) electrons. The molecule has 0 unspecified atom stereocenters. The van der Waals surface area contributed by atoms with E-state index in [1.165, 1.54) is 6.92 Å². The Labute approximate surface area is 163 Å². The average Bonchev–Trinajstić information content (AvgIpc) is 2.68. The Kier molecular flexibility index (Phi) is 6.25. The number of hydrogen-bond acceptors (Lipinski definition) is 7. The van der Waals surface area contributed by atoms with Crippen molar-refractivity contribution in [1.29, 1.82) is 0 Å². The highest BCUT2D eigenvalue weighted by Gasteiger charge is 2.22. The van der Waals surface area contributed by atoms with Crippen LogP contribution in [0.15, 0.2) is 36.5 Å². The topological polar surface area (TPSA) is 99.7 Å². The zero-order valence-electron chi connectivity index (χ0n) is 16.0. The summed E-state index contributed by atoms with van der Waals surface area (Å²) in [6, 6.07) is 9.19. The number of amides is 2. The molecule has 0 atom stereocenters. The van der Waals surface area contributed by atoms with Crippen molar-refractivity contribution in [2.75, 3.05) is 48.3 Å². The molecule has 9 nitrogen and oxygen atoms in total. The van der Waals surface area contributed by atoms with Crippen LogP contribution in [0.3, 0.4) is 0 Å². The van der Waals surface area contributed by atoms with E-state index in [-0.39, 0.29) is 12.0 Å². The number of aromatic nitrogens is 2. The largest absolute Gasteiger partial charge is 0.450 e. The van der Waals surface area contributed by atoms with Crippen LogP contribution in [0.25, 0.3) is 0 Å². The average molecular weight is 384 g/mol. The molecular formula is C19H24N6O3. The van der Waals surface area contributed by atoms with Crippen LogP contribution in [-0.2, 0) is 9.53 Å². The molecule has 1 saturated heterocycles. The quantitative estimate of drug-likeness (QED) is 0.817. The van der Waals surface area contributed by atoms with Crippen LogP contribution in [0.2, 0.25) is 0 Å². The van der Waals surface area contributed by atoms with E-state index in [4.69, 9.17) is 4.74 Å². The van der Waals surface area contributed by atoms with E-state index in [0.717, 1.165) is 11.5 Å². The van der Waals surface area contributed by atoms with Crippen molar-refractivity contribution in [2.24, 2.45) is 0 Å². The molecule has 2 N–H and O–H groups in total. The molecule has 9 heteroatoms. The van der Waals surface area contributed by atoms with Gasteiger partial charge < -0.3 is 25.2 Å². The summed E-state index contributed by atoms with van der Waals surface area (Å²) < 4.78 is 5.05. The van der Waals surface area contributed by atoms with Gasteiger partial charge in [0.25, 0.3) is 0 Å². The second-order valence-electron chi connectivity index (χ2n) is 6.30. The minimum atomic E-state index is -0.272. The highest BCUT2D eigenvalue weighted by molar-refractivity contribution is 5.89. The van der Waals surface area contributed by atoms with Crippen molar-refractivity contribution in [2.45, 2.75) is 13.8 Å². The summed E-state index contributed by atoms with van der Waals surface area (Å²) >= 11 is 0. The lowest BCUT2D eigenvalue weighted by atomic mass is 10.2. The number of nitrogens with one attached hydrogen (secondary N) is 2. The minimum absolute atomic E-state index is 0.127. The number of ether oxygens (including phenoxy) is 1. The first-order valence-electron chi connectivity index (χ1n) is 9.19. The monoisotopic (exact) mass is 384 g/mol. The van der Waals surface area contributed by atoms with Gasteiger partial charge in [-0.3, -0.25) is 4.79 Å². The van der Waals surface area contributed by atoms with E-state index in [2.05, 4.69) is 25.5 Å². The lowest BCUT2D eigenvalue weighted by Gasteiger charge is -2.34. The molecule has 0 aliphatic carbocycles. The standard InChI is InChI=1S/C19H24N6O3/c1-3-28-19(27)25-11-9-24(10-12-25)17-7-8-20-18(23-17)22-16-6-4-5-15(13-16)21-14(2)26/h4-8,13H,3,9-12H2,1-2H3,(H,21,26)(H,20,22,23). The van der Waals surface area contributed by atoms with Crippen LogP contribution >= 0.6 is 0 Å². The Bertz CT molecular complexity index is 836. The van der Waals surface area contributed by atoms with Gasteiger partial charge in [0.2, 0.25) is 11.9 Å². The number of carbonyl (C=O) groups excluding carboxylic acids is 2. The number of nitrogens with zero attached hydrogens (tertiary/aromatic N) is 4. The maximum atomic E-state index is 11.8. The van der Waals surface area contributed by atoms with E-state index in [1.807, 2.05) is 30.3 Å². The molecular weight excluding hydrogens is 360 g/mol.